The van der Waals surface area contributed by atoms with Crippen molar-refractivity contribution >= 4 is 39.9 Å². The fourth-order valence-electron chi connectivity index (χ4n) is 3.29. The van der Waals surface area contributed by atoms with Crippen molar-refractivity contribution in [2.75, 3.05) is 5.32 Å². The van der Waals surface area contributed by atoms with Gasteiger partial charge in [0.25, 0.3) is 11.8 Å². The zero-order valence-electron chi connectivity index (χ0n) is 17.0. The number of rotatable bonds is 5. The molecular weight excluding hydrogens is 453 g/mol. The van der Waals surface area contributed by atoms with E-state index in [0.717, 1.165) is 35.0 Å². The van der Waals surface area contributed by atoms with Crippen molar-refractivity contribution in [3.63, 3.8) is 0 Å². The third-order valence-electron chi connectivity index (χ3n) is 4.99. The highest BCUT2D eigenvalue weighted by molar-refractivity contribution is 6.34. The summed E-state index contributed by atoms with van der Waals surface area (Å²) in [6, 6.07) is 18.0. The minimum Gasteiger partial charge on any atom is -0.348 e. The summed E-state index contributed by atoms with van der Waals surface area (Å²) in [5.74, 6) is -4.47. The zero-order valence-corrected chi connectivity index (χ0v) is 17.7. The minimum absolute atomic E-state index is 0.0933. The molecule has 0 unspecified atom stereocenters. The molecule has 0 heterocycles. The van der Waals surface area contributed by atoms with Gasteiger partial charge >= 0.3 is 0 Å². The number of benzene rings is 4. The normalized spacial score (nSPS) is 10.8. The lowest BCUT2D eigenvalue weighted by Crippen LogP contribution is -2.25. The van der Waals surface area contributed by atoms with E-state index in [1.165, 1.54) is 6.07 Å². The molecule has 2 N–H and O–H groups in total. The summed E-state index contributed by atoms with van der Waals surface area (Å²) in [6.07, 6.45) is 0. The van der Waals surface area contributed by atoms with Gasteiger partial charge in [0.15, 0.2) is 11.6 Å². The number of hydrogen-bond donors (Lipinski definition) is 2. The summed E-state index contributed by atoms with van der Waals surface area (Å²) in [7, 11) is 0. The molecule has 4 rings (SSSR count). The van der Waals surface area contributed by atoms with Gasteiger partial charge in [-0.15, -0.1) is 0 Å². The summed E-state index contributed by atoms with van der Waals surface area (Å²) in [5.41, 5.74) is 0.282. The van der Waals surface area contributed by atoms with Crippen LogP contribution in [0.5, 0.6) is 0 Å². The molecule has 0 aromatic heterocycles. The van der Waals surface area contributed by atoms with Crippen molar-refractivity contribution in [3.05, 3.63) is 112 Å². The SMILES string of the molecule is O=C(NCc1ccc(F)c(F)c1)c1cc(C(=O)Nc2ccc3ccccc3c2)c(Cl)cc1F. The van der Waals surface area contributed by atoms with E-state index in [2.05, 4.69) is 10.6 Å². The van der Waals surface area contributed by atoms with Crippen LogP contribution in [0.1, 0.15) is 26.3 Å². The maximum Gasteiger partial charge on any atom is 0.257 e. The van der Waals surface area contributed by atoms with Crippen molar-refractivity contribution in [1.29, 1.82) is 0 Å². The third kappa shape index (κ3) is 4.99. The molecule has 4 aromatic rings. The molecule has 0 radical (unpaired) electrons. The molecule has 0 fully saturated rings. The van der Waals surface area contributed by atoms with Gasteiger partial charge in [-0.05, 0) is 52.7 Å². The van der Waals surface area contributed by atoms with E-state index in [4.69, 9.17) is 11.6 Å². The van der Waals surface area contributed by atoms with Gasteiger partial charge in [-0.2, -0.15) is 0 Å². The first kappa shape index (κ1) is 22.4. The Morgan fingerprint density at radius 1 is 0.727 bits per heavy atom. The molecule has 8 heteroatoms. The van der Waals surface area contributed by atoms with E-state index in [1.807, 2.05) is 30.3 Å². The number of hydrogen-bond acceptors (Lipinski definition) is 2. The van der Waals surface area contributed by atoms with Crippen LogP contribution in [0.4, 0.5) is 18.9 Å². The van der Waals surface area contributed by atoms with Crippen LogP contribution >= 0.6 is 11.6 Å². The van der Waals surface area contributed by atoms with Crippen LogP contribution in [-0.4, -0.2) is 11.8 Å². The van der Waals surface area contributed by atoms with E-state index in [0.29, 0.717) is 5.69 Å². The number of anilines is 1. The van der Waals surface area contributed by atoms with E-state index < -0.39 is 34.8 Å². The Morgan fingerprint density at radius 3 is 2.24 bits per heavy atom. The first-order valence-corrected chi connectivity index (χ1v) is 10.2. The molecule has 0 saturated heterocycles. The Balaban J connectivity index is 1.53. The fraction of sp³-hybridized carbons (Fsp3) is 0.0400. The molecule has 166 valence electrons. The average Bonchev–Trinajstić information content (AvgIpc) is 2.79. The van der Waals surface area contributed by atoms with Crippen molar-refractivity contribution < 1.29 is 22.8 Å². The van der Waals surface area contributed by atoms with E-state index in [-0.39, 0.29) is 22.7 Å². The zero-order chi connectivity index (χ0) is 23.5. The minimum atomic E-state index is -1.06. The van der Waals surface area contributed by atoms with Crippen molar-refractivity contribution in [2.45, 2.75) is 6.54 Å². The molecule has 0 bridgehead atoms. The Morgan fingerprint density at radius 2 is 1.48 bits per heavy atom. The lowest BCUT2D eigenvalue weighted by atomic mass is 10.1. The maximum absolute atomic E-state index is 14.4. The Bertz CT molecular complexity index is 1390. The molecule has 0 saturated carbocycles. The molecule has 2 amide bonds. The van der Waals surface area contributed by atoms with Gasteiger partial charge in [-0.1, -0.05) is 48.0 Å². The molecule has 0 aliphatic carbocycles. The lowest BCUT2D eigenvalue weighted by Gasteiger charge is -2.11. The van der Waals surface area contributed by atoms with Crippen molar-refractivity contribution in [3.8, 4) is 0 Å². The van der Waals surface area contributed by atoms with Gasteiger partial charge in [-0.25, -0.2) is 13.2 Å². The van der Waals surface area contributed by atoms with E-state index in [9.17, 15) is 22.8 Å². The van der Waals surface area contributed by atoms with Crippen LogP contribution in [0.3, 0.4) is 0 Å². The molecule has 33 heavy (non-hydrogen) atoms. The summed E-state index contributed by atoms with van der Waals surface area (Å²) >= 11 is 6.06. The molecule has 4 aromatic carbocycles. The number of carbonyl (C=O) groups is 2. The second kappa shape index (κ2) is 9.34. The van der Waals surface area contributed by atoms with Crippen LogP contribution in [0.2, 0.25) is 5.02 Å². The first-order chi connectivity index (χ1) is 15.8. The van der Waals surface area contributed by atoms with Gasteiger partial charge < -0.3 is 10.6 Å². The quantitative estimate of drug-likeness (QED) is 0.372. The highest BCUT2D eigenvalue weighted by Gasteiger charge is 2.19. The van der Waals surface area contributed by atoms with Gasteiger partial charge in [0.05, 0.1) is 16.1 Å². The summed E-state index contributed by atoms with van der Waals surface area (Å²) in [5, 5.41) is 6.85. The summed E-state index contributed by atoms with van der Waals surface area (Å²) in [6.45, 7) is -0.170. The number of carbonyl (C=O) groups excluding carboxylic acids is 2. The van der Waals surface area contributed by atoms with Crippen LogP contribution in [0.25, 0.3) is 10.8 Å². The van der Waals surface area contributed by atoms with E-state index in [1.54, 1.807) is 12.1 Å². The summed E-state index contributed by atoms with van der Waals surface area (Å²) < 4.78 is 40.8. The highest BCUT2D eigenvalue weighted by atomic mass is 35.5. The predicted molar refractivity (Wildman–Crippen MR) is 121 cm³/mol. The molecular formula is C25H16ClF3N2O2. The number of halogens is 4. The Hall–Kier alpha value is -3.84. The molecule has 0 atom stereocenters. The largest absolute Gasteiger partial charge is 0.348 e. The molecule has 0 spiro atoms. The standard InChI is InChI=1S/C25H16ClF3N2O2/c26-20-12-22(28)19(24(32)30-13-14-5-8-21(27)23(29)9-14)11-18(20)25(33)31-17-7-6-15-3-1-2-4-16(15)10-17/h1-12H,13H2,(H,30,32)(H,31,33). The fourth-order valence-corrected chi connectivity index (χ4v) is 3.53. The second-order valence-electron chi connectivity index (χ2n) is 7.26. The topological polar surface area (TPSA) is 58.2 Å². The monoisotopic (exact) mass is 468 g/mol. The molecule has 0 aliphatic rings. The number of amides is 2. The maximum atomic E-state index is 14.4. The third-order valence-corrected chi connectivity index (χ3v) is 5.30. The van der Waals surface area contributed by atoms with Gasteiger partial charge in [0, 0.05) is 12.2 Å². The highest BCUT2D eigenvalue weighted by Crippen LogP contribution is 2.24. The van der Waals surface area contributed by atoms with Gasteiger partial charge in [-0.3, -0.25) is 9.59 Å². The average molecular weight is 469 g/mol. The Labute approximate surface area is 192 Å². The van der Waals surface area contributed by atoms with Crippen LogP contribution < -0.4 is 10.6 Å². The second-order valence-corrected chi connectivity index (χ2v) is 7.67. The van der Waals surface area contributed by atoms with E-state index >= 15 is 0 Å². The van der Waals surface area contributed by atoms with Crippen LogP contribution in [-0.2, 0) is 6.54 Å². The molecule has 0 aliphatic heterocycles. The molecule has 4 nitrogen and oxygen atoms in total. The number of nitrogens with one attached hydrogen (secondary N) is 2. The van der Waals surface area contributed by atoms with Gasteiger partial charge in [0.1, 0.15) is 5.82 Å². The van der Waals surface area contributed by atoms with Gasteiger partial charge in [0.2, 0.25) is 0 Å². The van der Waals surface area contributed by atoms with Crippen molar-refractivity contribution in [1.82, 2.24) is 5.32 Å². The Kier molecular flexibility index (Phi) is 6.33. The lowest BCUT2D eigenvalue weighted by molar-refractivity contribution is 0.0947. The number of fused-ring (bicyclic) bond motifs is 1. The van der Waals surface area contributed by atoms with Crippen LogP contribution in [0, 0.1) is 17.5 Å². The van der Waals surface area contributed by atoms with Crippen molar-refractivity contribution in [2.24, 2.45) is 0 Å². The predicted octanol–water partition coefficient (Wildman–Crippen LogP) is 6.09. The summed E-state index contributed by atoms with van der Waals surface area (Å²) in [4.78, 5) is 25.3. The van der Waals surface area contributed by atoms with Crippen LogP contribution in [0.15, 0.2) is 72.8 Å². The first-order valence-electron chi connectivity index (χ1n) is 9.83. The smallest absolute Gasteiger partial charge is 0.257 e.